The number of nitrogens with two attached hydrogens (primary N) is 1. The molecule has 2 rings (SSSR count). The van der Waals surface area contributed by atoms with Crippen molar-refractivity contribution in [2.24, 2.45) is 12.8 Å². The molecule has 1 aliphatic heterocycles. The zero-order valence-electron chi connectivity index (χ0n) is 8.09. The Morgan fingerprint density at radius 1 is 1.64 bits per heavy atom. The van der Waals surface area contributed by atoms with Crippen LogP contribution < -0.4 is 5.73 Å². The van der Waals surface area contributed by atoms with Crippen LogP contribution in [-0.4, -0.2) is 34.5 Å². The molecule has 2 N–H and O–H groups in total. The lowest BCUT2D eigenvalue weighted by atomic mass is 10.1. The van der Waals surface area contributed by atoms with Gasteiger partial charge in [-0.05, 0) is 0 Å². The van der Waals surface area contributed by atoms with Crippen molar-refractivity contribution in [2.75, 3.05) is 13.2 Å². The third-order valence-electron chi connectivity index (χ3n) is 2.14. The first kappa shape index (κ1) is 9.57. The van der Waals surface area contributed by atoms with Gasteiger partial charge in [-0.1, -0.05) is 5.21 Å². The number of rotatable bonds is 3. The number of aromatic nitrogens is 3. The minimum absolute atomic E-state index is 0.174. The molecule has 1 atom stereocenters. The lowest BCUT2D eigenvalue weighted by Gasteiger charge is -2.12. The van der Waals surface area contributed by atoms with Gasteiger partial charge in [-0.25, -0.2) is 0 Å². The zero-order valence-corrected chi connectivity index (χ0v) is 8.09. The average Bonchev–Trinajstić information content (AvgIpc) is 2.75. The molecule has 0 aromatic carbocycles. The third-order valence-corrected chi connectivity index (χ3v) is 2.14. The maximum Gasteiger partial charge on any atom is 0.159 e. The molecule has 1 unspecified atom stereocenters. The van der Waals surface area contributed by atoms with E-state index in [9.17, 15) is 0 Å². The molecular formula is C8H14N4O2. The summed E-state index contributed by atoms with van der Waals surface area (Å²) < 4.78 is 12.2. The van der Waals surface area contributed by atoms with Crippen molar-refractivity contribution in [1.29, 1.82) is 0 Å². The van der Waals surface area contributed by atoms with Gasteiger partial charge in [0.2, 0.25) is 0 Å². The van der Waals surface area contributed by atoms with Crippen LogP contribution in [0.2, 0.25) is 0 Å². The van der Waals surface area contributed by atoms with E-state index < -0.39 is 0 Å². The average molecular weight is 198 g/mol. The van der Waals surface area contributed by atoms with E-state index >= 15 is 0 Å². The number of aryl methyl sites for hydroxylation is 1. The highest BCUT2D eigenvalue weighted by Gasteiger charge is 2.21. The summed E-state index contributed by atoms with van der Waals surface area (Å²) in [6, 6.07) is -0.174. The van der Waals surface area contributed by atoms with Crippen molar-refractivity contribution >= 4 is 0 Å². The highest BCUT2D eigenvalue weighted by atomic mass is 16.7. The van der Waals surface area contributed by atoms with Gasteiger partial charge in [0.1, 0.15) is 0 Å². The van der Waals surface area contributed by atoms with Crippen LogP contribution in [-0.2, 0) is 16.5 Å². The fourth-order valence-corrected chi connectivity index (χ4v) is 1.41. The minimum Gasteiger partial charge on any atom is -0.350 e. The molecule has 0 amide bonds. The largest absolute Gasteiger partial charge is 0.350 e. The van der Waals surface area contributed by atoms with E-state index in [1.54, 1.807) is 10.9 Å². The molecular weight excluding hydrogens is 184 g/mol. The van der Waals surface area contributed by atoms with Gasteiger partial charge in [0, 0.05) is 19.7 Å². The number of ether oxygens (including phenoxy) is 2. The van der Waals surface area contributed by atoms with Crippen molar-refractivity contribution in [3.8, 4) is 0 Å². The summed E-state index contributed by atoms with van der Waals surface area (Å²) in [5.41, 5.74) is 6.68. The van der Waals surface area contributed by atoms with Crippen LogP contribution in [0.4, 0.5) is 0 Å². The van der Waals surface area contributed by atoms with Crippen LogP contribution in [0.5, 0.6) is 0 Å². The van der Waals surface area contributed by atoms with E-state index in [0.717, 1.165) is 5.69 Å². The maximum atomic E-state index is 5.91. The number of hydrogen-bond donors (Lipinski definition) is 1. The Hall–Kier alpha value is -0.980. The van der Waals surface area contributed by atoms with Gasteiger partial charge in [-0.2, -0.15) is 0 Å². The van der Waals surface area contributed by atoms with Crippen LogP contribution in [0.25, 0.3) is 0 Å². The molecule has 0 saturated carbocycles. The normalized spacial score (nSPS) is 20.1. The van der Waals surface area contributed by atoms with Gasteiger partial charge in [0.15, 0.2) is 6.29 Å². The molecule has 6 nitrogen and oxygen atoms in total. The molecule has 1 aromatic heterocycles. The Morgan fingerprint density at radius 2 is 2.36 bits per heavy atom. The van der Waals surface area contributed by atoms with E-state index in [4.69, 9.17) is 15.2 Å². The Labute approximate surface area is 82.0 Å². The molecule has 6 heteroatoms. The van der Waals surface area contributed by atoms with Crippen LogP contribution in [0, 0.1) is 0 Å². The van der Waals surface area contributed by atoms with E-state index in [1.807, 2.05) is 7.05 Å². The SMILES string of the molecule is Cn1cc(C(N)CC2OCCO2)nn1. The minimum atomic E-state index is -0.188. The van der Waals surface area contributed by atoms with E-state index in [-0.39, 0.29) is 12.3 Å². The van der Waals surface area contributed by atoms with Crippen LogP contribution in [0.15, 0.2) is 6.20 Å². The quantitative estimate of drug-likeness (QED) is 0.713. The summed E-state index contributed by atoms with van der Waals surface area (Å²) in [6.07, 6.45) is 2.24. The fourth-order valence-electron chi connectivity index (χ4n) is 1.41. The predicted molar refractivity (Wildman–Crippen MR) is 48.2 cm³/mol. The van der Waals surface area contributed by atoms with E-state index in [1.165, 1.54) is 0 Å². The van der Waals surface area contributed by atoms with Gasteiger partial charge < -0.3 is 15.2 Å². The molecule has 14 heavy (non-hydrogen) atoms. The van der Waals surface area contributed by atoms with Crippen molar-refractivity contribution < 1.29 is 9.47 Å². The molecule has 0 spiro atoms. The molecule has 0 aliphatic carbocycles. The number of nitrogens with zero attached hydrogens (tertiary/aromatic N) is 3. The van der Waals surface area contributed by atoms with Crippen molar-refractivity contribution in [2.45, 2.75) is 18.8 Å². The Kier molecular flexibility index (Phi) is 2.76. The molecule has 78 valence electrons. The molecule has 1 aromatic rings. The van der Waals surface area contributed by atoms with Gasteiger partial charge in [0.25, 0.3) is 0 Å². The number of hydrogen-bond acceptors (Lipinski definition) is 5. The first-order valence-electron chi connectivity index (χ1n) is 4.60. The third kappa shape index (κ3) is 2.09. The molecule has 0 radical (unpaired) electrons. The molecule has 2 heterocycles. The molecule has 0 bridgehead atoms. The van der Waals surface area contributed by atoms with Gasteiger partial charge in [-0.15, -0.1) is 5.10 Å². The van der Waals surface area contributed by atoms with Crippen LogP contribution in [0.3, 0.4) is 0 Å². The monoisotopic (exact) mass is 198 g/mol. The van der Waals surface area contributed by atoms with Gasteiger partial charge in [-0.3, -0.25) is 4.68 Å². The topological polar surface area (TPSA) is 75.2 Å². The second-order valence-electron chi connectivity index (χ2n) is 3.33. The van der Waals surface area contributed by atoms with Crippen molar-refractivity contribution in [1.82, 2.24) is 15.0 Å². The summed E-state index contributed by atoms with van der Waals surface area (Å²) in [5, 5.41) is 7.75. The molecule has 1 fully saturated rings. The lowest BCUT2D eigenvalue weighted by Crippen LogP contribution is -2.19. The van der Waals surface area contributed by atoms with E-state index in [0.29, 0.717) is 19.6 Å². The Morgan fingerprint density at radius 3 is 2.93 bits per heavy atom. The maximum absolute atomic E-state index is 5.91. The van der Waals surface area contributed by atoms with Crippen molar-refractivity contribution in [3.05, 3.63) is 11.9 Å². The fraction of sp³-hybridized carbons (Fsp3) is 0.750. The first-order chi connectivity index (χ1) is 6.75. The molecule has 1 aliphatic rings. The summed E-state index contributed by atoms with van der Waals surface area (Å²) in [7, 11) is 1.81. The second-order valence-corrected chi connectivity index (χ2v) is 3.33. The van der Waals surface area contributed by atoms with Crippen LogP contribution in [0.1, 0.15) is 18.2 Å². The van der Waals surface area contributed by atoms with Gasteiger partial charge >= 0.3 is 0 Å². The smallest absolute Gasteiger partial charge is 0.159 e. The lowest BCUT2D eigenvalue weighted by molar-refractivity contribution is -0.0509. The summed E-state index contributed by atoms with van der Waals surface area (Å²) in [4.78, 5) is 0. The summed E-state index contributed by atoms with van der Waals surface area (Å²) in [6.45, 7) is 1.30. The highest BCUT2D eigenvalue weighted by molar-refractivity contribution is 4.99. The van der Waals surface area contributed by atoms with Crippen LogP contribution >= 0.6 is 0 Å². The predicted octanol–water partition coefficient (Wildman–Crippen LogP) is -0.422. The summed E-state index contributed by atoms with van der Waals surface area (Å²) >= 11 is 0. The zero-order chi connectivity index (χ0) is 9.97. The highest BCUT2D eigenvalue weighted by Crippen LogP contribution is 2.17. The standard InChI is InChI=1S/C8H14N4O2/c1-12-5-7(10-11-12)6(9)4-8-13-2-3-14-8/h5-6,8H,2-4,9H2,1H3. The van der Waals surface area contributed by atoms with E-state index in [2.05, 4.69) is 10.3 Å². The first-order valence-corrected chi connectivity index (χ1v) is 4.60. The van der Waals surface area contributed by atoms with Gasteiger partial charge in [0.05, 0.1) is 24.9 Å². The Balaban J connectivity index is 1.91. The summed E-state index contributed by atoms with van der Waals surface area (Å²) in [5.74, 6) is 0. The second kappa shape index (κ2) is 4.04. The Bertz CT molecular complexity index is 295. The van der Waals surface area contributed by atoms with Crippen molar-refractivity contribution in [3.63, 3.8) is 0 Å². The molecule has 1 saturated heterocycles.